The molecular weight excluding hydrogens is 395 g/mol. The lowest BCUT2D eigenvalue weighted by atomic mass is 10.0. The maximum atomic E-state index is 13.2. The molecule has 0 aliphatic carbocycles. The van der Waals surface area contributed by atoms with Gasteiger partial charge in [-0.15, -0.1) is 11.3 Å². The van der Waals surface area contributed by atoms with E-state index in [0.717, 1.165) is 23.8 Å². The van der Waals surface area contributed by atoms with Crippen LogP contribution in [0.15, 0.2) is 63.7 Å². The molecule has 0 atom stereocenters. The number of sulfone groups is 2. The Kier molecular flexibility index (Phi) is 4.76. The van der Waals surface area contributed by atoms with Gasteiger partial charge in [-0.05, 0) is 41.5 Å². The van der Waals surface area contributed by atoms with Crippen LogP contribution in [0.4, 0.5) is 4.39 Å². The third-order valence-electron chi connectivity index (χ3n) is 3.77. The quantitative estimate of drug-likeness (QED) is 0.651. The average Bonchev–Trinajstić information content (AvgIpc) is 3.00. The lowest BCUT2D eigenvalue weighted by molar-refractivity contribution is 0.601. The first kappa shape index (κ1) is 18.8. The highest BCUT2D eigenvalue weighted by Gasteiger charge is 2.19. The van der Waals surface area contributed by atoms with Crippen molar-refractivity contribution in [3.8, 4) is 21.6 Å². The maximum absolute atomic E-state index is 13.2. The molecule has 1 aromatic heterocycles. The van der Waals surface area contributed by atoms with Crippen molar-refractivity contribution >= 4 is 31.0 Å². The van der Waals surface area contributed by atoms with Crippen LogP contribution in [-0.2, 0) is 19.7 Å². The van der Waals surface area contributed by atoms with Crippen LogP contribution in [0, 0.1) is 5.82 Å². The van der Waals surface area contributed by atoms with E-state index in [0.29, 0.717) is 21.6 Å². The van der Waals surface area contributed by atoms with E-state index < -0.39 is 19.7 Å². The van der Waals surface area contributed by atoms with Crippen molar-refractivity contribution in [2.24, 2.45) is 0 Å². The fraction of sp³-hybridized carbons (Fsp3) is 0.111. The minimum absolute atomic E-state index is 0.183. The smallest absolute Gasteiger partial charge is 0.184 e. The van der Waals surface area contributed by atoms with Gasteiger partial charge in [0.1, 0.15) is 10.0 Å². The van der Waals surface area contributed by atoms with E-state index in [4.69, 9.17) is 0 Å². The number of hydrogen-bond acceptors (Lipinski definition) is 5. The molecular formula is C18H15FO4S3. The summed E-state index contributed by atoms with van der Waals surface area (Å²) in [7, 11) is -6.73. The molecule has 0 aliphatic heterocycles. The Labute approximate surface area is 155 Å². The first-order valence-electron chi connectivity index (χ1n) is 7.46. The van der Waals surface area contributed by atoms with E-state index in [1.807, 2.05) is 0 Å². The fourth-order valence-corrected chi connectivity index (χ4v) is 5.20. The van der Waals surface area contributed by atoms with Crippen LogP contribution in [0.3, 0.4) is 0 Å². The first-order chi connectivity index (χ1) is 12.1. The monoisotopic (exact) mass is 410 g/mol. The molecule has 4 nitrogen and oxygen atoms in total. The summed E-state index contributed by atoms with van der Waals surface area (Å²) in [6, 6.07) is 13.6. The summed E-state index contributed by atoms with van der Waals surface area (Å²) < 4.78 is 60.6. The Morgan fingerprint density at radius 2 is 1.31 bits per heavy atom. The van der Waals surface area contributed by atoms with Gasteiger partial charge in [0.05, 0.1) is 4.90 Å². The molecule has 0 saturated carbocycles. The van der Waals surface area contributed by atoms with Crippen LogP contribution in [0.5, 0.6) is 0 Å². The molecule has 0 radical (unpaired) electrons. The van der Waals surface area contributed by atoms with Gasteiger partial charge in [0.15, 0.2) is 19.7 Å². The highest BCUT2D eigenvalue weighted by atomic mass is 32.2. The van der Waals surface area contributed by atoms with E-state index in [9.17, 15) is 21.2 Å². The Hall–Kier alpha value is -2.03. The molecule has 0 aliphatic rings. The van der Waals surface area contributed by atoms with Gasteiger partial charge in [-0.2, -0.15) is 0 Å². The van der Waals surface area contributed by atoms with Gasteiger partial charge in [0.25, 0.3) is 0 Å². The molecule has 8 heteroatoms. The summed E-state index contributed by atoms with van der Waals surface area (Å²) in [4.78, 5) is 0.862. The molecule has 3 aromatic rings. The van der Waals surface area contributed by atoms with Crippen LogP contribution in [0.25, 0.3) is 21.6 Å². The predicted octanol–water partition coefficient (Wildman–Crippen LogP) is 4.03. The van der Waals surface area contributed by atoms with E-state index in [-0.39, 0.29) is 14.9 Å². The summed E-state index contributed by atoms with van der Waals surface area (Å²) in [6.07, 6.45) is 2.25. The van der Waals surface area contributed by atoms with Gasteiger partial charge >= 0.3 is 0 Å². The number of benzene rings is 2. The van der Waals surface area contributed by atoms with Crippen LogP contribution in [0.1, 0.15) is 0 Å². The summed E-state index contributed by atoms with van der Waals surface area (Å²) in [5.41, 5.74) is 2.03. The standard InChI is InChI=1S/C18H15FO4S3/c1-25(20,21)15-9-5-12(6-10-15)16-11-17(26(2,22)23)24-18(16)13-3-7-14(19)8-4-13/h3-11H,1-2H3. The first-order valence-corrected chi connectivity index (χ1v) is 12.1. The van der Waals surface area contributed by atoms with Gasteiger partial charge in [0, 0.05) is 23.0 Å². The molecule has 2 aromatic carbocycles. The Morgan fingerprint density at radius 3 is 1.81 bits per heavy atom. The molecule has 1 heterocycles. The third kappa shape index (κ3) is 3.87. The Morgan fingerprint density at radius 1 is 0.769 bits per heavy atom. The molecule has 0 spiro atoms. The van der Waals surface area contributed by atoms with Crippen LogP contribution < -0.4 is 0 Å². The Balaban J connectivity index is 2.19. The number of hydrogen-bond donors (Lipinski definition) is 0. The fourth-order valence-electron chi connectivity index (χ4n) is 2.46. The number of thiophene rings is 1. The number of halogens is 1. The van der Waals surface area contributed by atoms with Crippen molar-refractivity contribution < 1.29 is 21.2 Å². The molecule has 26 heavy (non-hydrogen) atoms. The van der Waals surface area contributed by atoms with Gasteiger partial charge in [-0.25, -0.2) is 21.2 Å². The van der Waals surface area contributed by atoms with E-state index in [1.54, 1.807) is 30.3 Å². The minimum Gasteiger partial charge on any atom is -0.224 e. The topological polar surface area (TPSA) is 68.3 Å². The maximum Gasteiger partial charge on any atom is 0.184 e. The zero-order chi connectivity index (χ0) is 19.1. The molecule has 136 valence electrons. The second kappa shape index (κ2) is 6.61. The summed E-state index contributed by atoms with van der Waals surface area (Å²) in [6.45, 7) is 0. The number of rotatable bonds is 4. The highest BCUT2D eigenvalue weighted by molar-refractivity contribution is 7.92. The summed E-state index contributed by atoms with van der Waals surface area (Å²) >= 11 is 1.10. The predicted molar refractivity (Wildman–Crippen MR) is 101 cm³/mol. The summed E-state index contributed by atoms with van der Waals surface area (Å²) in [5, 5.41) is 0. The minimum atomic E-state index is -3.41. The van der Waals surface area contributed by atoms with Crippen molar-refractivity contribution in [1.82, 2.24) is 0 Å². The zero-order valence-electron chi connectivity index (χ0n) is 13.9. The third-order valence-corrected chi connectivity index (χ3v) is 7.89. The van der Waals surface area contributed by atoms with Crippen molar-refractivity contribution in [3.05, 3.63) is 60.4 Å². The molecule has 0 amide bonds. The zero-order valence-corrected chi connectivity index (χ0v) is 16.4. The lowest BCUT2D eigenvalue weighted by Crippen LogP contribution is -1.96. The van der Waals surface area contributed by atoms with Crippen LogP contribution >= 0.6 is 11.3 Å². The summed E-state index contributed by atoms with van der Waals surface area (Å²) in [5.74, 6) is -0.382. The van der Waals surface area contributed by atoms with Crippen molar-refractivity contribution in [2.45, 2.75) is 9.10 Å². The normalized spacial score (nSPS) is 12.3. The van der Waals surface area contributed by atoms with E-state index in [2.05, 4.69) is 0 Å². The van der Waals surface area contributed by atoms with Crippen molar-refractivity contribution in [2.75, 3.05) is 12.5 Å². The molecule has 0 fully saturated rings. The SMILES string of the molecule is CS(=O)(=O)c1ccc(-c2cc(S(C)(=O)=O)sc2-c2ccc(F)cc2)cc1. The van der Waals surface area contributed by atoms with Crippen LogP contribution in [0.2, 0.25) is 0 Å². The van der Waals surface area contributed by atoms with E-state index in [1.165, 1.54) is 24.3 Å². The van der Waals surface area contributed by atoms with Gasteiger partial charge in [0.2, 0.25) is 0 Å². The second-order valence-corrected chi connectivity index (χ2v) is 11.2. The molecule has 0 unspecified atom stereocenters. The van der Waals surface area contributed by atoms with Crippen molar-refractivity contribution in [1.29, 1.82) is 0 Å². The van der Waals surface area contributed by atoms with Crippen LogP contribution in [-0.4, -0.2) is 29.3 Å². The highest BCUT2D eigenvalue weighted by Crippen LogP contribution is 2.41. The Bertz CT molecular complexity index is 1160. The van der Waals surface area contributed by atoms with Gasteiger partial charge in [-0.1, -0.05) is 24.3 Å². The molecule has 0 N–H and O–H groups in total. The molecule has 0 saturated heterocycles. The molecule has 3 rings (SSSR count). The second-order valence-electron chi connectivity index (χ2n) is 5.88. The van der Waals surface area contributed by atoms with Gasteiger partial charge < -0.3 is 0 Å². The average molecular weight is 411 g/mol. The largest absolute Gasteiger partial charge is 0.224 e. The lowest BCUT2D eigenvalue weighted by Gasteiger charge is -2.06. The van der Waals surface area contributed by atoms with Gasteiger partial charge in [-0.3, -0.25) is 0 Å². The van der Waals surface area contributed by atoms with Crippen molar-refractivity contribution in [3.63, 3.8) is 0 Å². The molecule has 0 bridgehead atoms. The van der Waals surface area contributed by atoms with E-state index >= 15 is 0 Å².